The number of hydrogen-bond acceptors (Lipinski definition) is 2. The van der Waals surface area contributed by atoms with E-state index < -0.39 is 19.2 Å². The molecule has 1 N–H and O–H groups in total. The quantitative estimate of drug-likeness (QED) is 0.516. The predicted molar refractivity (Wildman–Crippen MR) is 72.4 cm³/mol. The van der Waals surface area contributed by atoms with Gasteiger partial charge in [0.05, 0.1) is 0 Å². The molecule has 21 heavy (non-hydrogen) atoms. The number of unbranched alkanes of at least 4 members (excludes halogenated alkanes) is 1. The lowest BCUT2D eigenvalue weighted by Gasteiger charge is -2.12. The number of ether oxygens (including phenoxy) is 1. The van der Waals surface area contributed by atoms with Gasteiger partial charge >= 0.3 is 12.8 Å². The van der Waals surface area contributed by atoms with Gasteiger partial charge in [-0.05, 0) is 37.6 Å². The van der Waals surface area contributed by atoms with Crippen molar-refractivity contribution in [3.63, 3.8) is 0 Å². The number of hydrogen-bond donors (Lipinski definition) is 1. The largest absolute Gasteiger partial charge is 0.434 e. The number of halogens is 6. The molecule has 0 heterocycles. The molecule has 0 amide bonds. The summed E-state index contributed by atoms with van der Waals surface area (Å²) in [6.45, 7) is -2.30. The van der Waals surface area contributed by atoms with Gasteiger partial charge in [-0.15, -0.1) is 0 Å². The molecule has 120 valence electrons. The van der Waals surface area contributed by atoms with E-state index in [1.54, 1.807) is 12.1 Å². The Kier molecular flexibility index (Phi) is 7.37. The Morgan fingerprint density at radius 3 is 2.52 bits per heavy atom. The van der Waals surface area contributed by atoms with Gasteiger partial charge in [0, 0.05) is 23.0 Å². The summed E-state index contributed by atoms with van der Waals surface area (Å²) in [6, 6.07) is 4.61. The Morgan fingerprint density at radius 1 is 1.19 bits per heavy atom. The molecule has 0 atom stereocenters. The first-order valence-electron chi connectivity index (χ1n) is 6.28. The molecule has 0 unspecified atom stereocenters. The van der Waals surface area contributed by atoms with E-state index in [1.807, 2.05) is 0 Å². The van der Waals surface area contributed by atoms with Gasteiger partial charge in [-0.3, -0.25) is 0 Å². The first kappa shape index (κ1) is 18.2. The Hall–Kier alpha value is -0.890. The SMILES string of the molecule is FC(F)Oc1ccc(Br)cc1CNCCCCC(F)(F)F. The van der Waals surface area contributed by atoms with Gasteiger partial charge in [0.15, 0.2) is 0 Å². The molecule has 0 saturated heterocycles. The molecule has 0 aromatic heterocycles. The Bertz CT molecular complexity index is 439. The van der Waals surface area contributed by atoms with Gasteiger partial charge in [0.1, 0.15) is 5.75 Å². The van der Waals surface area contributed by atoms with Crippen LogP contribution in [0.15, 0.2) is 22.7 Å². The normalized spacial score (nSPS) is 12.0. The molecule has 1 rings (SSSR count). The highest BCUT2D eigenvalue weighted by atomic mass is 79.9. The van der Waals surface area contributed by atoms with Crippen molar-refractivity contribution in [1.29, 1.82) is 0 Å². The fourth-order valence-corrected chi connectivity index (χ4v) is 2.10. The molecular weight excluding hydrogens is 361 g/mol. The Labute approximate surface area is 127 Å². The molecular formula is C13H15BrF5NO. The fourth-order valence-electron chi connectivity index (χ4n) is 1.70. The minimum atomic E-state index is -4.14. The van der Waals surface area contributed by atoms with E-state index in [-0.39, 0.29) is 18.7 Å². The van der Waals surface area contributed by atoms with Gasteiger partial charge < -0.3 is 10.1 Å². The second kappa shape index (κ2) is 8.53. The summed E-state index contributed by atoms with van der Waals surface area (Å²) in [5.41, 5.74) is 0.514. The van der Waals surface area contributed by atoms with Gasteiger partial charge in [0.2, 0.25) is 0 Å². The standard InChI is InChI=1S/C13H15BrF5NO/c14-10-3-4-11(21-12(15)16)9(7-10)8-20-6-2-1-5-13(17,18)19/h3-4,7,12,20H,1-2,5-6,8H2. The summed E-state index contributed by atoms with van der Waals surface area (Å²) in [5.74, 6) is 0.0518. The molecule has 0 spiro atoms. The maximum atomic E-state index is 12.2. The van der Waals surface area contributed by atoms with Crippen molar-refractivity contribution < 1.29 is 26.7 Å². The van der Waals surface area contributed by atoms with E-state index in [2.05, 4.69) is 26.0 Å². The summed E-state index contributed by atoms with van der Waals surface area (Å²) in [4.78, 5) is 0. The molecule has 8 heteroatoms. The van der Waals surface area contributed by atoms with E-state index in [9.17, 15) is 22.0 Å². The van der Waals surface area contributed by atoms with E-state index in [0.717, 1.165) is 0 Å². The van der Waals surface area contributed by atoms with Crippen LogP contribution in [-0.2, 0) is 6.54 Å². The van der Waals surface area contributed by atoms with Crippen molar-refractivity contribution in [2.24, 2.45) is 0 Å². The van der Waals surface area contributed by atoms with E-state index in [1.165, 1.54) is 6.07 Å². The molecule has 0 bridgehead atoms. The van der Waals surface area contributed by atoms with Crippen molar-refractivity contribution in [3.8, 4) is 5.75 Å². The Balaban J connectivity index is 2.38. The molecule has 0 aliphatic heterocycles. The van der Waals surface area contributed by atoms with Crippen LogP contribution in [0, 0.1) is 0 Å². The number of benzene rings is 1. The molecule has 2 nitrogen and oxygen atoms in total. The van der Waals surface area contributed by atoms with Crippen LogP contribution in [0.4, 0.5) is 22.0 Å². The zero-order valence-corrected chi connectivity index (χ0v) is 12.6. The fraction of sp³-hybridized carbons (Fsp3) is 0.538. The molecule has 0 fully saturated rings. The maximum Gasteiger partial charge on any atom is 0.389 e. The average molecular weight is 376 g/mol. The molecule has 0 radical (unpaired) electrons. The third kappa shape index (κ3) is 8.21. The molecule has 1 aromatic rings. The van der Waals surface area contributed by atoms with Crippen LogP contribution < -0.4 is 10.1 Å². The van der Waals surface area contributed by atoms with Crippen LogP contribution in [0.5, 0.6) is 5.75 Å². The minimum absolute atomic E-state index is 0.0371. The Morgan fingerprint density at radius 2 is 1.90 bits per heavy atom. The number of nitrogens with one attached hydrogen (secondary N) is 1. The summed E-state index contributed by atoms with van der Waals surface area (Å²) < 4.78 is 65.4. The topological polar surface area (TPSA) is 21.3 Å². The van der Waals surface area contributed by atoms with E-state index in [0.29, 0.717) is 23.0 Å². The molecule has 1 aromatic carbocycles. The highest BCUT2D eigenvalue weighted by molar-refractivity contribution is 9.10. The summed E-state index contributed by atoms with van der Waals surface area (Å²) >= 11 is 3.22. The highest BCUT2D eigenvalue weighted by Crippen LogP contribution is 2.25. The van der Waals surface area contributed by atoms with Gasteiger partial charge in [-0.2, -0.15) is 22.0 Å². The van der Waals surface area contributed by atoms with Crippen molar-refractivity contribution >= 4 is 15.9 Å². The maximum absolute atomic E-state index is 12.2. The van der Waals surface area contributed by atoms with Crippen molar-refractivity contribution in [2.75, 3.05) is 6.54 Å². The third-order valence-corrected chi connectivity index (χ3v) is 3.11. The van der Waals surface area contributed by atoms with Crippen LogP contribution in [0.1, 0.15) is 24.8 Å². The minimum Gasteiger partial charge on any atom is -0.434 e. The first-order valence-corrected chi connectivity index (χ1v) is 7.08. The van der Waals surface area contributed by atoms with Crippen LogP contribution in [-0.4, -0.2) is 19.3 Å². The van der Waals surface area contributed by atoms with E-state index >= 15 is 0 Å². The van der Waals surface area contributed by atoms with Crippen LogP contribution in [0.3, 0.4) is 0 Å². The summed E-state index contributed by atoms with van der Waals surface area (Å²) in [5, 5.41) is 2.92. The van der Waals surface area contributed by atoms with Crippen LogP contribution >= 0.6 is 15.9 Å². The number of alkyl halides is 5. The van der Waals surface area contributed by atoms with Crippen molar-refractivity contribution in [3.05, 3.63) is 28.2 Å². The van der Waals surface area contributed by atoms with Crippen LogP contribution in [0.25, 0.3) is 0 Å². The average Bonchev–Trinajstić information content (AvgIpc) is 2.35. The summed E-state index contributed by atoms with van der Waals surface area (Å²) in [6.07, 6.45) is -4.55. The second-order valence-corrected chi connectivity index (χ2v) is 5.30. The molecule has 0 saturated carbocycles. The molecule has 0 aliphatic rings. The highest BCUT2D eigenvalue weighted by Gasteiger charge is 2.25. The van der Waals surface area contributed by atoms with Crippen LogP contribution in [0.2, 0.25) is 0 Å². The van der Waals surface area contributed by atoms with E-state index in [4.69, 9.17) is 0 Å². The van der Waals surface area contributed by atoms with Crippen molar-refractivity contribution in [2.45, 2.75) is 38.6 Å². The summed E-state index contributed by atoms with van der Waals surface area (Å²) in [7, 11) is 0. The smallest absolute Gasteiger partial charge is 0.389 e. The first-order chi connectivity index (χ1) is 9.78. The lowest BCUT2D eigenvalue weighted by molar-refractivity contribution is -0.135. The predicted octanol–water partition coefficient (Wildman–Crippen LogP) is 4.87. The second-order valence-electron chi connectivity index (χ2n) is 4.38. The van der Waals surface area contributed by atoms with Crippen molar-refractivity contribution in [1.82, 2.24) is 5.32 Å². The lowest BCUT2D eigenvalue weighted by Crippen LogP contribution is -2.17. The monoisotopic (exact) mass is 375 g/mol. The van der Waals surface area contributed by atoms with Gasteiger partial charge in [-0.1, -0.05) is 15.9 Å². The lowest BCUT2D eigenvalue weighted by atomic mass is 10.2. The zero-order valence-electron chi connectivity index (χ0n) is 11.0. The third-order valence-electron chi connectivity index (χ3n) is 2.62. The number of rotatable bonds is 8. The van der Waals surface area contributed by atoms with Gasteiger partial charge in [-0.25, -0.2) is 0 Å². The van der Waals surface area contributed by atoms with Gasteiger partial charge in [0.25, 0.3) is 0 Å². The zero-order chi connectivity index (χ0) is 15.9. The molecule has 0 aliphatic carbocycles.